The quantitative estimate of drug-likeness (QED) is 0.399. The Morgan fingerprint density at radius 2 is 2.17 bits per heavy atom. The predicted molar refractivity (Wildman–Crippen MR) is 97.4 cm³/mol. The number of nitrogens with one attached hydrogen (secondary N) is 1. The van der Waals surface area contributed by atoms with E-state index in [1.807, 2.05) is 19.2 Å². The molecule has 1 rings (SSSR count). The molecule has 0 spiro atoms. The van der Waals surface area contributed by atoms with E-state index < -0.39 is 11.9 Å². The largest absolute Gasteiger partial charge is 0.493 e. The van der Waals surface area contributed by atoms with Crippen LogP contribution >= 0.6 is 22.6 Å². The van der Waals surface area contributed by atoms with Crippen LogP contribution in [0.2, 0.25) is 0 Å². The molecule has 3 N–H and O–H groups in total. The lowest BCUT2D eigenvalue weighted by Crippen LogP contribution is -2.35. The molecule has 0 unspecified atom stereocenters. The minimum absolute atomic E-state index is 0.0184. The molecule has 0 aliphatic carbocycles. The van der Waals surface area contributed by atoms with Gasteiger partial charge in [-0.15, -0.1) is 0 Å². The summed E-state index contributed by atoms with van der Waals surface area (Å²) in [5.41, 5.74) is 5.19. The monoisotopic (exact) mass is 443 g/mol. The van der Waals surface area contributed by atoms with Gasteiger partial charge in [0.05, 0.1) is 16.8 Å². The zero-order chi connectivity index (χ0) is 18.3. The van der Waals surface area contributed by atoms with Crippen LogP contribution in [0.5, 0.6) is 11.5 Å². The number of primary amides is 1. The van der Waals surface area contributed by atoms with Gasteiger partial charge in [0, 0.05) is 0 Å². The third-order valence-corrected chi connectivity index (χ3v) is 3.86. The maximum atomic E-state index is 11.7. The third kappa shape index (κ3) is 5.42. The highest BCUT2D eigenvalue weighted by Gasteiger charge is 2.15. The smallest absolute Gasteiger partial charge is 0.319 e. The summed E-state index contributed by atoms with van der Waals surface area (Å²) in [6, 6.07) is 4.11. The topological polar surface area (TPSA) is 114 Å². The minimum atomic E-state index is -1.02. The highest BCUT2D eigenvalue weighted by molar-refractivity contribution is 14.1. The Kier molecular flexibility index (Phi) is 7.51. The minimum Gasteiger partial charge on any atom is -0.493 e. The van der Waals surface area contributed by atoms with Gasteiger partial charge in [-0.05, 0) is 59.7 Å². The van der Waals surface area contributed by atoms with Crippen molar-refractivity contribution in [1.29, 1.82) is 5.26 Å². The van der Waals surface area contributed by atoms with Crippen LogP contribution in [0.3, 0.4) is 0 Å². The molecule has 0 radical (unpaired) electrons. The molecule has 0 aliphatic rings. The summed E-state index contributed by atoms with van der Waals surface area (Å²) >= 11 is 2.09. The van der Waals surface area contributed by atoms with Crippen LogP contribution in [-0.2, 0) is 4.79 Å². The molecule has 3 amide bonds. The summed E-state index contributed by atoms with van der Waals surface area (Å²) in [6.45, 7) is 3.96. The number of nitrogens with two attached hydrogens (primary N) is 1. The number of carbonyl (C=O) groups excluding carboxylic acids is 2. The van der Waals surface area contributed by atoms with Crippen molar-refractivity contribution in [2.45, 2.75) is 26.4 Å². The first-order valence-electron chi connectivity index (χ1n) is 7.09. The van der Waals surface area contributed by atoms with E-state index in [9.17, 15) is 9.59 Å². The number of nitriles is 1. The van der Waals surface area contributed by atoms with Crippen molar-refractivity contribution in [3.05, 3.63) is 26.8 Å². The molecular formula is C16H18IN3O4. The second kappa shape index (κ2) is 9.12. The SMILES string of the molecule is CC[C@H](C)Oc1c(I)cc(/C=C(/C#N)C(=O)NC(N)=O)cc1OC. The number of methoxy groups -OCH3 is 1. The van der Waals surface area contributed by atoms with Crippen LogP contribution in [0, 0.1) is 14.9 Å². The molecule has 24 heavy (non-hydrogen) atoms. The maximum Gasteiger partial charge on any atom is 0.319 e. The van der Waals surface area contributed by atoms with Crippen molar-refractivity contribution < 1.29 is 19.1 Å². The summed E-state index contributed by atoms with van der Waals surface area (Å²) in [5.74, 6) is 0.227. The van der Waals surface area contributed by atoms with Crippen LogP contribution in [0.25, 0.3) is 6.08 Å². The summed E-state index contributed by atoms with van der Waals surface area (Å²) in [6.07, 6.45) is 2.20. The molecule has 1 aromatic carbocycles. The second-order valence-electron chi connectivity index (χ2n) is 4.86. The van der Waals surface area contributed by atoms with E-state index >= 15 is 0 Å². The third-order valence-electron chi connectivity index (χ3n) is 3.06. The van der Waals surface area contributed by atoms with Crippen molar-refractivity contribution in [3.63, 3.8) is 0 Å². The molecule has 0 fully saturated rings. The Morgan fingerprint density at radius 1 is 1.50 bits per heavy atom. The number of rotatable bonds is 6. The number of carbonyl (C=O) groups is 2. The van der Waals surface area contributed by atoms with Crippen molar-refractivity contribution in [2.75, 3.05) is 7.11 Å². The van der Waals surface area contributed by atoms with E-state index in [2.05, 4.69) is 22.6 Å². The fourth-order valence-electron chi connectivity index (χ4n) is 1.72. The number of hydrogen-bond donors (Lipinski definition) is 2. The Hall–Kier alpha value is -2.28. The molecule has 1 aromatic rings. The summed E-state index contributed by atoms with van der Waals surface area (Å²) in [5, 5.41) is 10.9. The molecule has 1 atom stereocenters. The predicted octanol–water partition coefficient (Wildman–Crippen LogP) is 2.58. The highest BCUT2D eigenvalue weighted by Crippen LogP contribution is 2.35. The number of urea groups is 1. The first-order valence-corrected chi connectivity index (χ1v) is 8.17. The van der Waals surface area contributed by atoms with E-state index in [1.165, 1.54) is 13.2 Å². The summed E-state index contributed by atoms with van der Waals surface area (Å²) in [7, 11) is 1.51. The lowest BCUT2D eigenvalue weighted by atomic mass is 10.1. The van der Waals surface area contributed by atoms with Gasteiger partial charge in [0.1, 0.15) is 11.6 Å². The van der Waals surface area contributed by atoms with E-state index in [0.717, 1.165) is 9.99 Å². The first-order chi connectivity index (χ1) is 11.3. The Bertz CT molecular complexity index is 710. The van der Waals surface area contributed by atoms with Crippen LogP contribution in [0.15, 0.2) is 17.7 Å². The zero-order valence-electron chi connectivity index (χ0n) is 13.6. The Balaban J connectivity index is 3.24. The molecule has 128 valence electrons. The molecular weight excluding hydrogens is 425 g/mol. The molecule has 0 saturated heterocycles. The normalized spacial score (nSPS) is 12.0. The van der Waals surface area contributed by atoms with Crippen LogP contribution < -0.4 is 20.5 Å². The Morgan fingerprint density at radius 3 is 2.67 bits per heavy atom. The number of nitrogens with zero attached hydrogens (tertiary/aromatic N) is 1. The van der Waals surface area contributed by atoms with Crippen LogP contribution in [-0.4, -0.2) is 25.2 Å². The van der Waals surface area contributed by atoms with E-state index in [1.54, 1.807) is 18.2 Å². The summed E-state index contributed by atoms with van der Waals surface area (Å²) in [4.78, 5) is 22.4. The fourth-order valence-corrected chi connectivity index (χ4v) is 2.47. The number of amides is 3. The lowest BCUT2D eigenvalue weighted by Gasteiger charge is -2.17. The second-order valence-corrected chi connectivity index (χ2v) is 6.02. The van der Waals surface area contributed by atoms with E-state index in [-0.39, 0.29) is 11.7 Å². The van der Waals surface area contributed by atoms with Gasteiger partial charge in [0.25, 0.3) is 5.91 Å². The van der Waals surface area contributed by atoms with E-state index in [4.69, 9.17) is 20.5 Å². The van der Waals surface area contributed by atoms with Gasteiger partial charge in [-0.1, -0.05) is 6.92 Å². The van der Waals surface area contributed by atoms with Crippen molar-refractivity contribution in [1.82, 2.24) is 5.32 Å². The number of ether oxygens (including phenoxy) is 2. The van der Waals surface area contributed by atoms with Crippen LogP contribution in [0.4, 0.5) is 4.79 Å². The fraction of sp³-hybridized carbons (Fsp3) is 0.312. The molecule has 7 nitrogen and oxygen atoms in total. The summed E-state index contributed by atoms with van der Waals surface area (Å²) < 4.78 is 11.9. The zero-order valence-corrected chi connectivity index (χ0v) is 15.7. The Labute approximate surface area is 153 Å². The van der Waals surface area contributed by atoms with Gasteiger partial charge >= 0.3 is 6.03 Å². The van der Waals surface area contributed by atoms with Gasteiger partial charge in [0.2, 0.25) is 0 Å². The van der Waals surface area contributed by atoms with Crippen molar-refractivity contribution >= 4 is 40.6 Å². The number of halogens is 1. The average Bonchev–Trinajstić information content (AvgIpc) is 2.53. The van der Waals surface area contributed by atoms with Crippen molar-refractivity contribution in [3.8, 4) is 17.6 Å². The number of benzene rings is 1. The van der Waals surface area contributed by atoms with Gasteiger partial charge in [-0.25, -0.2) is 4.79 Å². The average molecular weight is 443 g/mol. The van der Waals surface area contributed by atoms with Crippen molar-refractivity contribution in [2.24, 2.45) is 5.73 Å². The van der Waals surface area contributed by atoms with Gasteiger partial charge in [0.15, 0.2) is 11.5 Å². The number of hydrogen-bond acceptors (Lipinski definition) is 5. The highest BCUT2D eigenvalue weighted by atomic mass is 127. The molecule has 0 heterocycles. The maximum absolute atomic E-state index is 11.7. The van der Waals surface area contributed by atoms with E-state index in [0.29, 0.717) is 17.1 Å². The first kappa shape index (κ1) is 19.8. The molecule has 0 aliphatic heterocycles. The van der Waals surface area contributed by atoms with Gasteiger partial charge in [-0.3, -0.25) is 10.1 Å². The number of imide groups is 1. The molecule has 8 heteroatoms. The van der Waals surface area contributed by atoms with Gasteiger partial charge in [-0.2, -0.15) is 5.26 Å². The van der Waals surface area contributed by atoms with Gasteiger partial charge < -0.3 is 15.2 Å². The standard InChI is InChI=1S/C16H18IN3O4/c1-4-9(2)24-14-12(17)6-10(7-13(14)23-3)5-11(8-18)15(21)20-16(19)22/h5-7,9H,4H2,1-3H3,(H3,19,20,21,22)/b11-5-/t9-/m0/s1. The van der Waals surface area contributed by atoms with Crippen LogP contribution in [0.1, 0.15) is 25.8 Å². The molecule has 0 aromatic heterocycles. The molecule has 0 bridgehead atoms. The lowest BCUT2D eigenvalue weighted by molar-refractivity contribution is -0.115. The molecule has 0 saturated carbocycles.